The largest absolute Gasteiger partial charge is 0.322 e. The zero-order chi connectivity index (χ0) is 20.8. The molecule has 1 saturated heterocycles. The summed E-state index contributed by atoms with van der Waals surface area (Å²) in [6.45, 7) is 0.308. The minimum absolute atomic E-state index is 0.205. The summed E-state index contributed by atoms with van der Waals surface area (Å²) in [5.74, 6) is -0.933. The van der Waals surface area contributed by atoms with Crippen molar-refractivity contribution in [3.8, 4) is 17.3 Å². The van der Waals surface area contributed by atoms with E-state index in [1.807, 2.05) is 36.4 Å². The Morgan fingerprint density at radius 2 is 1.90 bits per heavy atom. The molecule has 0 spiro atoms. The van der Waals surface area contributed by atoms with Crippen molar-refractivity contribution in [1.82, 2.24) is 15.2 Å². The number of aromatic nitrogens is 1. The molecule has 7 heteroatoms. The van der Waals surface area contributed by atoms with E-state index in [4.69, 9.17) is 0 Å². The Bertz CT molecular complexity index is 1290. The van der Waals surface area contributed by atoms with Gasteiger partial charge in [0.25, 0.3) is 5.91 Å². The molecule has 1 N–H and O–H groups in total. The first-order chi connectivity index (χ1) is 14.6. The van der Waals surface area contributed by atoms with Crippen molar-refractivity contribution in [3.63, 3.8) is 0 Å². The lowest BCUT2D eigenvalue weighted by Crippen LogP contribution is -2.52. The highest BCUT2D eigenvalue weighted by Gasteiger charge is 2.39. The van der Waals surface area contributed by atoms with Gasteiger partial charge in [0.1, 0.15) is 12.1 Å². The number of hydrogen-bond acceptors (Lipinski definition) is 5. The van der Waals surface area contributed by atoms with Crippen molar-refractivity contribution in [2.24, 2.45) is 0 Å². The second-order valence-corrected chi connectivity index (χ2v) is 7.45. The third-order valence-electron chi connectivity index (χ3n) is 5.71. The quantitative estimate of drug-likeness (QED) is 0.671. The van der Waals surface area contributed by atoms with Gasteiger partial charge < -0.3 is 4.90 Å². The number of fused-ring (bicyclic) bond motifs is 2. The van der Waals surface area contributed by atoms with Gasteiger partial charge in [-0.1, -0.05) is 30.3 Å². The van der Waals surface area contributed by atoms with Crippen molar-refractivity contribution in [3.05, 3.63) is 65.4 Å². The molecule has 3 aromatic rings. The Balaban J connectivity index is 1.53. The number of carbonyl (C=O) groups excluding carboxylic acids is 3. The molecule has 2 aliphatic rings. The van der Waals surface area contributed by atoms with Crippen LogP contribution in [0.1, 0.15) is 34.3 Å². The fourth-order valence-corrected chi connectivity index (χ4v) is 4.23. The number of amides is 3. The first-order valence-corrected chi connectivity index (χ1v) is 9.62. The molecule has 1 aromatic heterocycles. The zero-order valence-corrected chi connectivity index (χ0v) is 15.9. The summed E-state index contributed by atoms with van der Waals surface area (Å²) in [6, 6.07) is 14.6. The van der Waals surface area contributed by atoms with Crippen LogP contribution in [0.2, 0.25) is 0 Å². The molecule has 3 amide bonds. The van der Waals surface area contributed by atoms with Crippen molar-refractivity contribution in [1.29, 1.82) is 5.26 Å². The molecule has 30 heavy (non-hydrogen) atoms. The number of rotatable bonds is 2. The molecule has 0 aliphatic carbocycles. The number of nitrogens with one attached hydrogen (secondary N) is 1. The first-order valence-electron chi connectivity index (χ1n) is 9.62. The van der Waals surface area contributed by atoms with Crippen molar-refractivity contribution >= 4 is 28.5 Å². The fraction of sp³-hybridized carbons (Fsp3) is 0.174. The van der Waals surface area contributed by atoms with E-state index in [1.54, 1.807) is 12.3 Å². The highest BCUT2D eigenvalue weighted by Crippen LogP contribution is 2.33. The Morgan fingerprint density at radius 1 is 1.10 bits per heavy atom. The molecule has 2 aliphatic heterocycles. The van der Waals surface area contributed by atoms with E-state index >= 15 is 0 Å². The van der Waals surface area contributed by atoms with E-state index in [0.717, 1.165) is 27.6 Å². The summed E-state index contributed by atoms with van der Waals surface area (Å²) in [5.41, 5.74) is 3.46. The lowest BCUT2D eigenvalue weighted by atomic mass is 9.98. The van der Waals surface area contributed by atoms with Crippen molar-refractivity contribution in [2.45, 2.75) is 25.4 Å². The van der Waals surface area contributed by atoms with Crippen molar-refractivity contribution < 1.29 is 14.4 Å². The highest BCUT2D eigenvalue weighted by molar-refractivity contribution is 6.06. The van der Waals surface area contributed by atoms with E-state index in [9.17, 15) is 19.6 Å². The van der Waals surface area contributed by atoms with Crippen LogP contribution in [-0.4, -0.2) is 33.6 Å². The zero-order valence-electron chi connectivity index (χ0n) is 15.9. The molecule has 1 fully saturated rings. The normalized spacial score (nSPS) is 18.3. The van der Waals surface area contributed by atoms with Crippen LogP contribution in [0.4, 0.5) is 0 Å². The highest BCUT2D eigenvalue weighted by atomic mass is 16.2. The minimum Gasteiger partial charge on any atom is -0.322 e. The van der Waals surface area contributed by atoms with Gasteiger partial charge in [-0.3, -0.25) is 24.7 Å². The summed E-state index contributed by atoms with van der Waals surface area (Å²) >= 11 is 0. The smallest absolute Gasteiger partial charge is 0.255 e. The maximum absolute atomic E-state index is 12.9. The third kappa shape index (κ3) is 2.73. The van der Waals surface area contributed by atoms with Crippen LogP contribution < -0.4 is 5.32 Å². The summed E-state index contributed by atoms with van der Waals surface area (Å²) < 4.78 is 0. The number of imide groups is 1. The van der Waals surface area contributed by atoms with Gasteiger partial charge in [0.2, 0.25) is 11.8 Å². The predicted molar refractivity (Wildman–Crippen MR) is 108 cm³/mol. The minimum atomic E-state index is -0.639. The Labute approximate surface area is 171 Å². The Hall–Kier alpha value is -4.05. The number of pyridine rings is 1. The first kappa shape index (κ1) is 18.0. The molecule has 1 unspecified atom stereocenters. The third-order valence-corrected chi connectivity index (χ3v) is 5.71. The van der Waals surface area contributed by atoms with Gasteiger partial charge >= 0.3 is 0 Å². The van der Waals surface area contributed by atoms with Crippen LogP contribution >= 0.6 is 0 Å². The predicted octanol–water partition coefficient (Wildman–Crippen LogP) is 2.53. The van der Waals surface area contributed by atoms with Crippen molar-refractivity contribution in [2.75, 3.05) is 0 Å². The van der Waals surface area contributed by atoms with Gasteiger partial charge in [-0.05, 0) is 24.1 Å². The summed E-state index contributed by atoms with van der Waals surface area (Å²) in [4.78, 5) is 42.6. The van der Waals surface area contributed by atoms with E-state index in [2.05, 4.69) is 16.4 Å². The molecule has 7 nitrogen and oxygen atoms in total. The number of piperidine rings is 1. The summed E-state index contributed by atoms with van der Waals surface area (Å²) in [6.07, 6.45) is 2.12. The molecule has 2 aromatic carbocycles. The van der Waals surface area contributed by atoms with Gasteiger partial charge in [-0.2, -0.15) is 5.26 Å². The fourth-order valence-electron chi connectivity index (χ4n) is 4.23. The average Bonchev–Trinajstić information content (AvgIpc) is 3.08. The van der Waals surface area contributed by atoms with Gasteiger partial charge in [0.05, 0.1) is 11.3 Å². The maximum atomic E-state index is 12.9. The molecule has 0 bridgehead atoms. The van der Waals surface area contributed by atoms with Gasteiger partial charge in [-0.25, -0.2) is 0 Å². The lowest BCUT2D eigenvalue weighted by Gasteiger charge is -2.29. The van der Waals surface area contributed by atoms with Crippen LogP contribution in [0.3, 0.4) is 0 Å². The molecular weight excluding hydrogens is 380 g/mol. The number of benzene rings is 2. The Morgan fingerprint density at radius 3 is 2.67 bits per heavy atom. The number of nitriles is 1. The van der Waals surface area contributed by atoms with Crippen LogP contribution in [0.5, 0.6) is 0 Å². The summed E-state index contributed by atoms with van der Waals surface area (Å²) in [7, 11) is 0. The molecule has 1 atom stereocenters. The van der Waals surface area contributed by atoms with E-state index < -0.39 is 11.9 Å². The maximum Gasteiger partial charge on any atom is 0.255 e. The molecule has 146 valence electrons. The molecule has 0 radical (unpaired) electrons. The monoisotopic (exact) mass is 396 g/mol. The van der Waals surface area contributed by atoms with Crippen LogP contribution in [-0.2, 0) is 16.1 Å². The SMILES string of the molecule is N#Cc1cnc(-c2ccc3c(c2)CN(C2CCC(=O)NC2=O)C3=O)c2ccccc12. The van der Waals surface area contributed by atoms with Gasteiger partial charge in [0.15, 0.2) is 0 Å². The van der Waals surface area contributed by atoms with Gasteiger partial charge in [0, 0.05) is 41.1 Å². The molecule has 5 rings (SSSR count). The topological polar surface area (TPSA) is 103 Å². The molecular formula is C23H16N4O3. The molecule has 0 saturated carbocycles. The van der Waals surface area contributed by atoms with E-state index in [-0.39, 0.29) is 18.2 Å². The average molecular weight is 396 g/mol. The second kappa shape index (κ2) is 6.78. The van der Waals surface area contributed by atoms with E-state index in [0.29, 0.717) is 24.1 Å². The second-order valence-electron chi connectivity index (χ2n) is 7.45. The lowest BCUT2D eigenvalue weighted by molar-refractivity contribution is -0.136. The number of carbonyl (C=O) groups is 3. The standard InChI is InChI=1S/C23H16N4O3/c24-10-15-11-25-21(18-4-2-1-3-16(15)18)13-5-6-17-14(9-13)12-27(23(17)30)19-7-8-20(28)26-22(19)29/h1-6,9,11,19H,7-8,12H2,(H,26,28,29). The van der Waals surface area contributed by atoms with Crippen LogP contribution in [0, 0.1) is 11.3 Å². The Kier molecular flexibility index (Phi) is 4.07. The number of hydrogen-bond donors (Lipinski definition) is 1. The molecule has 3 heterocycles. The van der Waals surface area contributed by atoms with Crippen LogP contribution in [0.15, 0.2) is 48.7 Å². The van der Waals surface area contributed by atoms with Crippen LogP contribution in [0.25, 0.3) is 22.0 Å². The van der Waals surface area contributed by atoms with Gasteiger partial charge in [-0.15, -0.1) is 0 Å². The number of nitrogens with zero attached hydrogens (tertiary/aromatic N) is 3. The van der Waals surface area contributed by atoms with E-state index in [1.165, 1.54) is 4.90 Å². The summed E-state index contributed by atoms with van der Waals surface area (Å²) in [5, 5.41) is 13.4.